The van der Waals surface area contributed by atoms with Crippen LogP contribution in [0.25, 0.3) is 5.76 Å². The molecule has 1 heterocycles. The molecule has 0 radical (unpaired) electrons. The average molecular weight is 508 g/mol. The monoisotopic (exact) mass is 507 g/mol. The Hall–Kier alpha value is -3.97. The van der Waals surface area contributed by atoms with E-state index in [1.54, 1.807) is 36.4 Å². The minimum absolute atomic E-state index is 0.0794. The number of carbonyl (C=O) groups excluding carboxylic acids is 2. The number of rotatable bonds is 7. The van der Waals surface area contributed by atoms with Crippen LogP contribution in [-0.4, -0.2) is 37.6 Å². The second-order valence-electron chi connectivity index (χ2n) is 8.19. The molecule has 1 fully saturated rings. The zero-order valence-electron chi connectivity index (χ0n) is 20.4. The van der Waals surface area contributed by atoms with Crippen LogP contribution < -0.4 is 19.1 Å². The Labute approximate surface area is 214 Å². The molecule has 3 aromatic carbocycles. The molecule has 4 rings (SSSR count). The van der Waals surface area contributed by atoms with Gasteiger partial charge < -0.3 is 19.3 Å². The number of hydrogen-bond donors (Lipinski definition) is 1. The van der Waals surface area contributed by atoms with Gasteiger partial charge in [0.2, 0.25) is 0 Å². The van der Waals surface area contributed by atoms with Crippen LogP contribution in [0.5, 0.6) is 17.2 Å². The first-order valence-corrected chi connectivity index (χ1v) is 11.7. The van der Waals surface area contributed by atoms with Gasteiger partial charge in [-0.25, -0.2) is 0 Å². The van der Waals surface area contributed by atoms with Crippen LogP contribution in [0.4, 0.5) is 5.69 Å². The number of ketones is 1. The highest BCUT2D eigenvalue weighted by molar-refractivity contribution is 6.51. The molecule has 1 atom stereocenters. The molecule has 0 bridgehead atoms. The van der Waals surface area contributed by atoms with Gasteiger partial charge in [-0.15, -0.1) is 0 Å². The number of aryl methyl sites for hydroxylation is 1. The first-order chi connectivity index (χ1) is 17.3. The van der Waals surface area contributed by atoms with Crippen molar-refractivity contribution in [2.45, 2.75) is 19.9 Å². The maximum absolute atomic E-state index is 13.4. The minimum atomic E-state index is -0.894. The number of aliphatic hydroxyl groups is 1. The van der Waals surface area contributed by atoms with Crippen molar-refractivity contribution in [2.24, 2.45) is 0 Å². The Morgan fingerprint density at radius 1 is 0.972 bits per heavy atom. The zero-order valence-corrected chi connectivity index (χ0v) is 21.1. The van der Waals surface area contributed by atoms with Crippen molar-refractivity contribution < 1.29 is 28.9 Å². The van der Waals surface area contributed by atoms with Crippen molar-refractivity contribution in [1.82, 2.24) is 0 Å². The summed E-state index contributed by atoms with van der Waals surface area (Å²) in [7, 11) is 2.88. The largest absolute Gasteiger partial charge is 0.507 e. The van der Waals surface area contributed by atoms with Crippen molar-refractivity contribution >= 4 is 34.7 Å². The summed E-state index contributed by atoms with van der Waals surface area (Å²) in [5.74, 6) is -0.742. The van der Waals surface area contributed by atoms with Gasteiger partial charge in [0.05, 0.1) is 43.0 Å². The molecule has 0 spiro atoms. The number of nitrogens with zero attached hydrogens (tertiary/aromatic N) is 1. The highest BCUT2D eigenvalue weighted by Gasteiger charge is 2.47. The van der Waals surface area contributed by atoms with Gasteiger partial charge in [0.1, 0.15) is 23.0 Å². The average Bonchev–Trinajstić information content (AvgIpc) is 3.15. The summed E-state index contributed by atoms with van der Waals surface area (Å²) in [6.45, 7) is 4.31. The molecule has 1 amide bonds. The summed E-state index contributed by atoms with van der Waals surface area (Å²) < 4.78 is 16.2. The molecule has 1 unspecified atom stereocenters. The fourth-order valence-electron chi connectivity index (χ4n) is 4.22. The van der Waals surface area contributed by atoms with E-state index in [1.165, 1.54) is 31.3 Å². The SMILES string of the molecule is CCOc1ccc(C2/C(=C(\O)c3cc(Cl)c(OC)cc3OC)C(=O)C(=O)N2c2ccc(C)cc2)cc1. The summed E-state index contributed by atoms with van der Waals surface area (Å²) >= 11 is 6.32. The first kappa shape index (κ1) is 25.1. The summed E-state index contributed by atoms with van der Waals surface area (Å²) in [6, 6.07) is 16.4. The summed E-state index contributed by atoms with van der Waals surface area (Å²) in [5.41, 5.74) is 2.25. The normalized spacial score (nSPS) is 16.8. The molecule has 3 aromatic rings. The quantitative estimate of drug-likeness (QED) is 0.251. The van der Waals surface area contributed by atoms with Gasteiger partial charge in [-0.1, -0.05) is 41.4 Å². The van der Waals surface area contributed by atoms with Gasteiger partial charge in [0.15, 0.2) is 0 Å². The molecular formula is C28H26ClNO6. The van der Waals surface area contributed by atoms with Gasteiger partial charge in [-0.05, 0) is 49.7 Å². The smallest absolute Gasteiger partial charge is 0.300 e. The number of aliphatic hydroxyl groups excluding tert-OH is 1. The van der Waals surface area contributed by atoms with Gasteiger partial charge in [-0.2, -0.15) is 0 Å². The summed E-state index contributed by atoms with van der Waals surface area (Å²) in [6.07, 6.45) is 0. The van der Waals surface area contributed by atoms with E-state index < -0.39 is 23.5 Å². The number of carbonyl (C=O) groups is 2. The Morgan fingerprint density at radius 3 is 2.19 bits per heavy atom. The molecule has 8 heteroatoms. The lowest BCUT2D eigenvalue weighted by molar-refractivity contribution is -0.132. The molecule has 186 valence electrons. The molecular weight excluding hydrogens is 482 g/mol. The maximum atomic E-state index is 13.4. The molecule has 0 aromatic heterocycles. The zero-order chi connectivity index (χ0) is 26.0. The standard InChI is InChI=1S/C28H26ClNO6/c1-5-36-19-12-8-17(9-13-19)25-24(26(31)20-14-21(29)23(35-4)15-22(20)34-3)27(32)28(33)30(25)18-10-6-16(2)7-11-18/h6-15,25,31H,5H2,1-4H3/b26-24+. The van der Waals surface area contributed by atoms with E-state index in [9.17, 15) is 14.7 Å². The van der Waals surface area contributed by atoms with Gasteiger partial charge in [0, 0.05) is 11.8 Å². The third-order valence-corrected chi connectivity index (χ3v) is 6.29. The summed E-state index contributed by atoms with van der Waals surface area (Å²) in [4.78, 5) is 28.1. The van der Waals surface area contributed by atoms with Crippen LogP contribution in [-0.2, 0) is 9.59 Å². The number of methoxy groups -OCH3 is 2. The second-order valence-corrected chi connectivity index (χ2v) is 8.60. The summed E-state index contributed by atoms with van der Waals surface area (Å²) in [5, 5.41) is 11.7. The highest BCUT2D eigenvalue weighted by Crippen LogP contribution is 2.45. The van der Waals surface area contributed by atoms with Crippen molar-refractivity contribution in [3.05, 3.63) is 87.9 Å². The van der Waals surface area contributed by atoms with E-state index in [2.05, 4.69) is 0 Å². The topological polar surface area (TPSA) is 85.3 Å². The Bertz CT molecular complexity index is 1330. The van der Waals surface area contributed by atoms with Crippen molar-refractivity contribution in [3.8, 4) is 17.2 Å². The predicted octanol–water partition coefficient (Wildman–Crippen LogP) is 5.69. The predicted molar refractivity (Wildman–Crippen MR) is 138 cm³/mol. The van der Waals surface area contributed by atoms with E-state index in [-0.39, 0.29) is 21.9 Å². The van der Waals surface area contributed by atoms with E-state index in [0.29, 0.717) is 29.4 Å². The number of Topliss-reactive ketones (excluding diaryl/α,β-unsaturated/α-hetero) is 1. The third-order valence-electron chi connectivity index (χ3n) is 5.99. The number of anilines is 1. The maximum Gasteiger partial charge on any atom is 0.300 e. The minimum Gasteiger partial charge on any atom is -0.507 e. The van der Waals surface area contributed by atoms with Crippen LogP contribution in [0.3, 0.4) is 0 Å². The number of hydrogen-bond acceptors (Lipinski definition) is 6. The van der Waals surface area contributed by atoms with Crippen LogP contribution in [0.1, 0.15) is 29.7 Å². The molecule has 7 nitrogen and oxygen atoms in total. The lowest BCUT2D eigenvalue weighted by atomic mass is 9.94. The van der Waals surface area contributed by atoms with Crippen molar-refractivity contribution in [3.63, 3.8) is 0 Å². The van der Waals surface area contributed by atoms with Gasteiger partial charge in [-0.3, -0.25) is 14.5 Å². The highest BCUT2D eigenvalue weighted by atomic mass is 35.5. The van der Waals surface area contributed by atoms with Crippen molar-refractivity contribution in [2.75, 3.05) is 25.7 Å². The molecule has 0 aliphatic carbocycles. The molecule has 1 aliphatic heterocycles. The lowest BCUT2D eigenvalue weighted by Crippen LogP contribution is -2.29. The van der Waals surface area contributed by atoms with Crippen LogP contribution in [0.2, 0.25) is 5.02 Å². The second kappa shape index (κ2) is 10.3. The third kappa shape index (κ3) is 4.50. The molecule has 1 aliphatic rings. The Morgan fingerprint density at radius 2 is 1.61 bits per heavy atom. The fourth-order valence-corrected chi connectivity index (χ4v) is 4.46. The first-order valence-electron chi connectivity index (χ1n) is 11.3. The number of amides is 1. The van der Waals surface area contributed by atoms with Crippen LogP contribution in [0, 0.1) is 6.92 Å². The molecule has 1 N–H and O–H groups in total. The van der Waals surface area contributed by atoms with Crippen LogP contribution in [0.15, 0.2) is 66.2 Å². The van der Waals surface area contributed by atoms with Gasteiger partial charge in [0.25, 0.3) is 11.7 Å². The Kier molecular flexibility index (Phi) is 7.22. The van der Waals surface area contributed by atoms with E-state index in [4.69, 9.17) is 25.8 Å². The lowest BCUT2D eigenvalue weighted by Gasteiger charge is -2.26. The fraction of sp³-hybridized carbons (Fsp3) is 0.214. The van der Waals surface area contributed by atoms with E-state index >= 15 is 0 Å². The van der Waals surface area contributed by atoms with E-state index in [1.807, 2.05) is 26.0 Å². The molecule has 36 heavy (non-hydrogen) atoms. The number of halogens is 1. The molecule has 0 saturated carbocycles. The number of benzene rings is 3. The van der Waals surface area contributed by atoms with Gasteiger partial charge >= 0.3 is 0 Å². The van der Waals surface area contributed by atoms with E-state index in [0.717, 1.165) is 5.56 Å². The van der Waals surface area contributed by atoms with Crippen molar-refractivity contribution in [1.29, 1.82) is 0 Å². The number of ether oxygens (including phenoxy) is 3. The molecule has 1 saturated heterocycles. The van der Waals surface area contributed by atoms with Crippen LogP contribution >= 0.6 is 11.6 Å². The Balaban J connectivity index is 1.95.